The highest BCUT2D eigenvalue weighted by Gasteiger charge is 1.99. The molecule has 0 amide bonds. The Morgan fingerprint density at radius 2 is 2.18 bits per heavy atom. The first-order valence-corrected chi connectivity index (χ1v) is 3.96. The molecule has 3 nitrogen and oxygen atoms in total. The van der Waals surface area contributed by atoms with Crippen LogP contribution in [0.15, 0.2) is 0 Å². The van der Waals surface area contributed by atoms with Crippen LogP contribution in [0.1, 0.15) is 24.1 Å². The molecule has 0 aromatic carbocycles. The fourth-order valence-electron chi connectivity index (χ4n) is 0.948. The normalized spacial score (nSPS) is 10.5. The summed E-state index contributed by atoms with van der Waals surface area (Å²) in [5, 5.41) is 3.21. The zero-order valence-corrected chi connectivity index (χ0v) is 7.36. The third kappa shape index (κ3) is 2.05. The number of hydrogen-bond acceptors (Lipinski definition) is 2. The number of aryl methyl sites for hydroxylation is 2. The van der Waals surface area contributed by atoms with Crippen LogP contribution in [0.4, 0.5) is 0 Å². The van der Waals surface area contributed by atoms with Gasteiger partial charge in [-0.25, -0.2) is 4.98 Å². The fourth-order valence-corrected chi connectivity index (χ4v) is 0.948. The summed E-state index contributed by atoms with van der Waals surface area (Å²) in [6.45, 7) is 7.96. The number of hydrogen-bond donors (Lipinski definition) is 2. The van der Waals surface area contributed by atoms with Gasteiger partial charge in [-0.2, -0.15) is 0 Å². The minimum atomic E-state index is 0.838. The molecule has 1 rings (SSSR count). The Kier molecular flexibility index (Phi) is 2.65. The lowest BCUT2D eigenvalue weighted by Crippen LogP contribution is -2.12. The molecule has 3 heteroatoms. The summed E-state index contributed by atoms with van der Waals surface area (Å²) in [4.78, 5) is 7.54. The Morgan fingerprint density at radius 3 is 2.64 bits per heavy atom. The van der Waals surface area contributed by atoms with Gasteiger partial charge in [-0.15, -0.1) is 0 Å². The molecule has 0 aliphatic carbocycles. The summed E-state index contributed by atoms with van der Waals surface area (Å²) in [6.07, 6.45) is 0. The summed E-state index contributed by atoms with van der Waals surface area (Å²) < 4.78 is 0. The average Bonchev–Trinajstić information content (AvgIpc) is 2.28. The number of nitrogens with one attached hydrogen (secondary N) is 2. The average molecular weight is 153 g/mol. The van der Waals surface area contributed by atoms with Crippen molar-refractivity contribution < 1.29 is 0 Å². The zero-order chi connectivity index (χ0) is 8.27. The first-order valence-electron chi connectivity index (χ1n) is 3.96. The first kappa shape index (κ1) is 8.27. The van der Waals surface area contributed by atoms with Crippen LogP contribution in [0.5, 0.6) is 0 Å². The lowest BCUT2D eigenvalue weighted by atomic mass is 10.4. The molecule has 0 unspecified atom stereocenters. The van der Waals surface area contributed by atoms with E-state index in [2.05, 4.69) is 22.2 Å². The standard InChI is InChI=1S/C8H15N3/c1-4-9-5-8-10-6(2)7(3)11-8/h9H,4-5H2,1-3H3,(H,10,11). The van der Waals surface area contributed by atoms with E-state index in [0.29, 0.717) is 0 Å². The molecule has 0 saturated heterocycles. The SMILES string of the molecule is CCNCc1nc(C)c(C)[nH]1. The van der Waals surface area contributed by atoms with Crippen LogP contribution in [0.25, 0.3) is 0 Å². The van der Waals surface area contributed by atoms with Crippen LogP contribution >= 0.6 is 0 Å². The third-order valence-corrected chi connectivity index (χ3v) is 1.72. The molecule has 0 radical (unpaired) electrons. The van der Waals surface area contributed by atoms with E-state index in [1.54, 1.807) is 0 Å². The Morgan fingerprint density at radius 1 is 1.45 bits per heavy atom. The van der Waals surface area contributed by atoms with Crippen molar-refractivity contribution in [1.82, 2.24) is 15.3 Å². The van der Waals surface area contributed by atoms with Gasteiger partial charge in [0.25, 0.3) is 0 Å². The molecule has 11 heavy (non-hydrogen) atoms. The molecule has 0 bridgehead atoms. The second-order valence-corrected chi connectivity index (χ2v) is 2.67. The summed E-state index contributed by atoms with van der Waals surface area (Å²) in [7, 11) is 0. The minimum Gasteiger partial charge on any atom is -0.345 e. The van der Waals surface area contributed by atoms with Gasteiger partial charge in [0.05, 0.1) is 12.2 Å². The number of aromatic nitrogens is 2. The lowest BCUT2D eigenvalue weighted by Gasteiger charge is -1.95. The monoisotopic (exact) mass is 153 g/mol. The topological polar surface area (TPSA) is 40.7 Å². The van der Waals surface area contributed by atoms with Crippen LogP contribution in [-0.2, 0) is 6.54 Å². The van der Waals surface area contributed by atoms with Crippen LogP contribution in [0.2, 0.25) is 0 Å². The number of aromatic amines is 1. The quantitative estimate of drug-likeness (QED) is 0.683. The van der Waals surface area contributed by atoms with E-state index in [9.17, 15) is 0 Å². The first-order chi connectivity index (χ1) is 5.24. The van der Waals surface area contributed by atoms with E-state index in [-0.39, 0.29) is 0 Å². The van der Waals surface area contributed by atoms with Crippen molar-refractivity contribution in [1.29, 1.82) is 0 Å². The van der Waals surface area contributed by atoms with Crippen molar-refractivity contribution in [2.45, 2.75) is 27.3 Å². The summed E-state index contributed by atoms with van der Waals surface area (Å²) in [6, 6.07) is 0. The van der Waals surface area contributed by atoms with E-state index in [4.69, 9.17) is 0 Å². The van der Waals surface area contributed by atoms with E-state index >= 15 is 0 Å². The van der Waals surface area contributed by atoms with Gasteiger partial charge in [-0.05, 0) is 20.4 Å². The highest BCUT2D eigenvalue weighted by molar-refractivity contribution is 5.10. The Bertz CT molecular complexity index is 208. The Balaban J connectivity index is 2.58. The third-order valence-electron chi connectivity index (χ3n) is 1.72. The number of rotatable bonds is 3. The molecule has 2 N–H and O–H groups in total. The van der Waals surface area contributed by atoms with E-state index in [1.165, 1.54) is 0 Å². The van der Waals surface area contributed by atoms with Gasteiger partial charge in [0, 0.05) is 5.69 Å². The molecule has 1 heterocycles. The summed E-state index contributed by atoms with van der Waals surface area (Å²) in [5.74, 6) is 1.03. The van der Waals surface area contributed by atoms with Gasteiger partial charge in [-0.1, -0.05) is 6.92 Å². The van der Waals surface area contributed by atoms with Gasteiger partial charge in [-0.3, -0.25) is 0 Å². The van der Waals surface area contributed by atoms with Crippen molar-refractivity contribution in [3.8, 4) is 0 Å². The number of H-pyrrole nitrogens is 1. The Hall–Kier alpha value is -0.830. The molecular formula is C8H15N3. The molecule has 0 aliphatic rings. The summed E-state index contributed by atoms with van der Waals surface area (Å²) >= 11 is 0. The second kappa shape index (κ2) is 3.53. The minimum absolute atomic E-state index is 0.838. The highest BCUT2D eigenvalue weighted by atomic mass is 15.0. The molecule has 0 aliphatic heterocycles. The van der Waals surface area contributed by atoms with Gasteiger partial charge in [0.15, 0.2) is 0 Å². The molecule has 0 spiro atoms. The predicted octanol–water partition coefficient (Wildman–Crippen LogP) is 1.14. The smallest absolute Gasteiger partial charge is 0.120 e. The van der Waals surface area contributed by atoms with E-state index in [1.807, 2.05) is 13.8 Å². The van der Waals surface area contributed by atoms with Crippen LogP contribution in [0.3, 0.4) is 0 Å². The van der Waals surface area contributed by atoms with Crippen molar-refractivity contribution in [3.63, 3.8) is 0 Å². The van der Waals surface area contributed by atoms with Crippen molar-refractivity contribution in [2.75, 3.05) is 6.54 Å². The largest absolute Gasteiger partial charge is 0.345 e. The molecule has 0 atom stereocenters. The Labute approximate surface area is 67.2 Å². The van der Waals surface area contributed by atoms with Crippen LogP contribution < -0.4 is 5.32 Å². The lowest BCUT2D eigenvalue weighted by molar-refractivity contribution is 0.696. The molecule has 1 aromatic heterocycles. The van der Waals surface area contributed by atoms with E-state index < -0.39 is 0 Å². The fraction of sp³-hybridized carbons (Fsp3) is 0.625. The van der Waals surface area contributed by atoms with Gasteiger partial charge >= 0.3 is 0 Å². The number of nitrogens with zero attached hydrogens (tertiary/aromatic N) is 1. The van der Waals surface area contributed by atoms with Gasteiger partial charge in [0.2, 0.25) is 0 Å². The van der Waals surface area contributed by atoms with Crippen molar-refractivity contribution in [3.05, 3.63) is 17.2 Å². The molecule has 62 valence electrons. The maximum Gasteiger partial charge on any atom is 0.120 e. The zero-order valence-electron chi connectivity index (χ0n) is 7.36. The maximum atomic E-state index is 4.33. The van der Waals surface area contributed by atoms with Gasteiger partial charge < -0.3 is 10.3 Å². The van der Waals surface area contributed by atoms with E-state index in [0.717, 1.165) is 30.3 Å². The van der Waals surface area contributed by atoms with Gasteiger partial charge in [0.1, 0.15) is 5.82 Å². The molecule has 0 saturated carbocycles. The molecule has 1 aromatic rings. The summed E-state index contributed by atoms with van der Waals surface area (Å²) in [5.41, 5.74) is 2.26. The number of imidazole rings is 1. The van der Waals surface area contributed by atoms with Crippen molar-refractivity contribution >= 4 is 0 Å². The molecular weight excluding hydrogens is 138 g/mol. The second-order valence-electron chi connectivity index (χ2n) is 2.67. The van der Waals surface area contributed by atoms with Crippen LogP contribution in [-0.4, -0.2) is 16.5 Å². The molecule has 0 fully saturated rings. The highest BCUT2D eigenvalue weighted by Crippen LogP contribution is 2.01. The maximum absolute atomic E-state index is 4.33. The van der Waals surface area contributed by atoms with Crippen molar-refractivity contribution in [2.24, 2.45) is 0 Å². The van der Waals surface area contributed by atoms with Crippen LogP contribution in [0, 0.1) is 13.8 Å². The predicted molar refractivity (Wildman–Crippen MR) is 45.4 cm³/mol.